The Kier molecular flexibility index (Phi) is 4.74. The number of fused-ring (bicyclic) bond motifs is 1. The molecule has 26 heavy (non-hydrogen) atoms. The van der Waals surface area contributed by atoms with E-state index in [9.17, 15) is 5.11 Å². The molecule has 0 aliphatic heterocycles. The van der Waals surface area contributed by atoms with Gasteiger partial charge in [-0.25, -0.2) is 0 Å². The molecule has 0 amide bonds. The molecule has 0 atom stereocenters. The van der Waals surface area contributed by atoms with Crippen LogP contribution in [0.2, 0.25) is 0 Å². The molecule has 0 spiro atoms. The number of aliphatic hydroxyl groups is 1. The van der Waals surface area contributed by atoms with E-state index in [1.807, 2.05) is 42.5 Å². The highest BCUT2D eigenvalue weighted by atomic mass is 16.5. The van der Waals surface area contributed by atoms with Gasteiger partial charge in [0.05, 0.1) is 6.61 Å². The van der Waals surface area contributed by atoms with Gasteiger partial charge in [0.2, 0.25) is 0 Å². The number of hydrogen-bond donors (Lipinski definition) is 2. The van der Waals surface area contributed by atoms with Crippen LogP contribution >= 0.6 is 0 Å². The van der Waals surface area contributed by atoms with Gasteiger partial charge in [-0.15, -0.1) is 0 Å². The topological polar surface area (TPSA) is 41.5 Å². The van der Waals surface area contributed by atoms with Gasteiger partial charge in [-0.3, -0.25) is 0 Å². The lowest BCUT2D eigenvalue weighted by Gasteiger charge is -2.28. The third kappa shape index (κ3) is 3.64. The van der Waals surface area contributed by atoms with E-state index in [-0.39, 0.29) is 12.1 Å². The Bertz CT molecular complexity index is 834. The van der Waals surface area contributed by atoms with E-state index in [4.69, 9.17) is 4.74 Å². The fraction of sp³-hybridized carbons (Fsp3) is 0.217. The van der Waals surface area contributed by atoms with E-state index in [1.54, 1.807) is 0 Å². The minimum Gasteiger partial charge on any atom is -0.457 e. The second-order valence-corrected chi connectivity index (χ2v) is 6.97. The Morgan fingerprint density at radius 3 is 1.96 bits per heavy atom. The first-order valence-corrected chi connectivity index (χ1v) is 9.01. The number of aliphatic hydroxyl groups excluding tert-OH is 1. The summed E-state index contributed by atoms with van der Waals surface area (Å²) < 4.78 is 5.83. The molecule has 0 saturated heterocycles. The van der Waals surface area contributed by atoms with E-state index in [0.29, 0.717) is 0 Å². The van der Waals surface area contributed by atoms with Crippen LogP contribution in [-0.4, -0.2) is 17.3 Å². The number of hydrogen-bond acceptors (Lipinski definition) is 3. The van der Waals surface area contributed by atoms with Crippen LogP contribution in [0.25, 0.3) is 0 Å². The number of rotatable bonds is 6. The predicted molar refractivity (Wildman–Crippen MR) is 103 cm³/mol. The zero-order chi connectivity index (χ0) is 17.8. The molecule has 132 valence electrons. The van der Waals surface area contributed by atoms with Gasteiger partial charge in [0.15, 0.2) is 0 Å². The fourth-order valence-electron chi connectivity index (χ4n) is 3.58. The van der Waals surface area contributed by atoms with Crippen LogP contribution in [0.3, 0.4) is 0 Å². The predicted octanol–water partition coefficient (Wildman–Crippen LogP) is 4.10. The first-order valence-electron chi connectivity index (χ1n) is 9.01. The maximum absolute atomic E-state index is 9.99. The highest BCUT2D eigenvalue weighted by Gasteiger charge is 2.35. The third-order valence-corrected chi connectivity index (χ3v) is 5.05. The van der Waals surface area contributed by atoms with Crippen molar-refractivity contribution in [2.45, 2.75) is 24.9 Å². The summed E-state index contributed by atoms with van der Waals surface area (Å²) in [5.74, 6) is 1.66. The monoisotopic (exact) mass is 345 g/mol. The summed E-state index contributed by atoms with van der Waals surface area (Å²) in [7, 11) is 0. The van der Waals surface area contributed by atoms with Gasteiger partial charge in [-0.1, -0.05) is 54.6 Å². The van der Waals surface area contributed by atoms with Crippen molar-refractivity contribution < 1.29 is 9.84 Å². The molecule has 3 nitrogen and oxygen atoms in total. The number of ether oxygens (including phenoxy) is 1. The number of benzene rings is 3. The first kappa shape index (κ1) is 16.8. The Labute approximate surface area is 154 Å². The van der Waals surface area contributed by atoms with Gasteiger partial charge < -0.3 is 15.2 Å². The highest BCUT2D eigenvalue weighted by Crippen LogP contribution is 2.30. The smallest absolute Gasteiger partial charge is 0.127 e. The Morgan fingerprint density at radius 2 is 1.35 bits per heavy atom. The van der Waals surface area contributed by atoms with Gasteiger partial charge in [-0.05, 0) is 53.8 Å². The van der Waals surface area contributed by atoms with Crippen molar-refractivity contribution in [2.75, 3.05) is 6.61 Å². The lowest BCUT2D eigenvalue weighted by molar-refractivity contribution is 0.166. The summed E-state index contributed by atoms with van der Waals surface area (Å²) >= 11 is 0. The molecule has 0 heterocycles. The normalized spacial score (nSPS) is 14.8. The van der Waals surface area contributed by atoms with Crippen molar-refractivity contribution in [2.24, 2.45) is 0 Å². The van der Waals surface area contributed by atoms with Crippen molar-refractivity contribution >= 4 is 0 Å². The second-order valence-electron chi connectivity index (χ2n) is 6.97. The molecular weight excluding hydrogens is 322 g/mol. The molecule has 0 bridgehead atoms. The van der Waals surface area contributed by atoms with Gasteiger partial charge in [0.1, 0.15) is 11.5 Å². The standard InChI is InChI=1S/C23H23NO2/c25-17-23(14-19-6-4-5-7-20(19)15-23)24-16-18-10-12-22(13-11-18)26-21-8-2-1-3-9-21/h1-13,24-25H,14-17H2. The molecule has 3 aromatic carbocycles. The Hall–Kier alpha value is -2.62. The molecule has 1 aliphatic rings. The quantitative estimate of drug-likeness (QED) is 0.707. The highest BCUT2D eigenvalue weighted by molar-refractivity contribution is 5.37. The summed E-state index contributed by atoms with van der Waals surface area (Å²) in [5.41, 5.74) is 3.58. The molecule has 0 radical (unpaired) electrons. The van der Waals surface area contributed by atoms with Gasteiger partial charge in [0, 0.05) is 12.1 Å². The molecule has 2 N–H and O–H groups in total. The SMILES string of the molecule is OCC1(NCc2ccc(Oc3ccccc3)cc2)Cc2ccccc2C1. The largest absolute Gasteiger partial charge is 0.457 e. The average Bonchev–Trinajstić information content (AvgIpc) is 3.08. The molecule has 1 aliphatic carbocycles. The first-order chi connectivity index (χ1) is 12.8. The lowest BCUT2D eigenvalue weighted by Crippen LogP contribution is -2.49. The van der Waals surface area contributed by atoms with Crippen LogP contribution in [0, 0.1) is 0 Å². The molecule has 0 unspecified atom stereocenters. The second kappa shape index (κ2) is 7.32. The van der Waals surface area contributed by atoms with Gasteiger partial charge >= 0.3 is 0 Å². The van der Waals surface area contributed by atoms with Crippen molar-refractivity contribution in [3.8, 4) is 11.5 Å². The minimum absolute atomic E-state index is 0.136. The van der Waals surface area contributed by atoms with Crippen molar-refractivity contribution in [1.29, 1.82) is 0 Å². The average molecular weight is 345 g/mol. The van der Waals surface area contributed by atoms with E-state index >= 15 is 0 Å². The fourth-order valence-corrected chi connectivity index (χ4v) is 3.58. The van der Waals surface area contributed by atoms with E-state index in [2.05, 4.69) is 41.7 Å². The maximum atomic E-state index is 9.99. The molecule has 0 fully saturated rings. The Morgan fingerprint density at radius 1 is 0.769 bits per heavy atom. The number of para-hydroxylation sites is 1. The van der Waals surface area contributed by atoms with E-state index < -0.39 is 0 Å². The van der Waals surface area contributed by atoms with Gasteiger partial charge in [0.25, 0.3) is 0 Å². The summed E-state index contributed by atoms with van der Waals surface area (Å²) in [4.78, 5) is 0. The van der Waals surface area contributed by atoms with Crippen LogP contribution in [0.4, 0.5) is 0 Å². The summed E-state index contributed by atoms with van der Waals surface area (Å²) in [6.07, 6.45) is 1.74. The molecule has 4 rings (SSSR count). The van der Waals surface area contributed by atoms with E-state index in [0.717, 1.165) is 30.9 Å². The lowest BCUT2D eigenvalue weighted by atomic mass is 9.96. The third-order valence-electron chi connectivity index (χ3n) is 5.05. The van der Waals surface area contributed by atoms with Gasteiger partial charge in [-0.2, -0.15) is 0 Å². The van der Waals surface area contributed by atoms with Crippen LogP contribution in [-0.2, 0) is 19.4 Å². The van der Waals surface area contributed by atoms with Crippen LogP contribution in [0.15, 0.2) is 78.9 Å². The summed E-state index contributed by atoms with van der Waals surface area (Å²) in [6, 6.07) is 26.3. The molecule has 3 aromatic rings. The van der Waals surface area contributed by atoms with Crippen LogP contribution < -0.4 is 10.1 Å². The Balaban J connectivity index is 1.39. The van der Waals surface area contributed by atoms with Crippen LogP contribution in [0.5, 0.6) is 11.5 Å². The van der Waals surface area contributed by atoms with Crippen molar-refractivity contribution in [3.05, 3.63) is 95.6 Å². The van der Waals surface area contributed by atoms with E-state index in [1.165, 1.54) is 16.7 Å². The van der Waals surface area contributed by atoms with Crippen LogP contribution in [0.1, 0.15) is 16.7 Å². The summed E-state index contributed by atoms with van der Waals surface area (Å²) in [5, 5.41) is 13.6. The molecule has 0 aromatic heterocycles. The molecule has 3 heteroatoms. The zero-order valence-electron chi connectivity index (χ0n) is 14.7. The molecular formula is C23H23NO2. The number of nitrogens with one attached hydrogen (secondary N) is 1. The maximum Gasteiger partial charge on any atom is 0.127 e. The zero-order valence-corrected chi connectivity index (χ0v) is 14.7. The summed E-state index contributed by atoms with van der Waals surface area (Å²) in [6.45, 7) is 0.858. The minimum atomic E-state index is -0.261. The van der Waals surface area contributed by atoms with Crippen molar-refractivity contribution in [1.82, 2.24) is 5.32 Å². The van der Waals surface area contributed by atoms with Crippen molar-refractivity contribution in [3.63, 3.8) is 0 Å². The molecule has 0 saturated carbocycles.